The Hall–Kier alpha value is -1.55. The summed E-state index contributed by atoms with van der Waals surface area (Å²) in [6.45, 7) is 0. The first-order valence-corrected chi connectivity index (χ1v) is 5.73. The number of halogens is 4. The fourth-order valence-electron chi connectivity index (χ4n) is 1.78. The molecule has 0 bridgehead atoms. The maximum atomic E-state index is 13.1. The highest BCUT2D eigenvalue weighted by Gasteiger charge is 2.36. The van der Waals surface area contributed by atoms with Crippen molar-refractivity contribution in [3.63, 3.8) is 0 Å². The second-order valence-corrected chi connectivity index (χ2v) is 3.99. The van der Waals surface area contributed by atoms with Gasteiger partial charge in [-0.25, -0.2) is 0 Å². The fourth-order valence-corrected chi connectivity index (χ4v) is 1.98. The number of benzene rings is 1. The second kappa shape index (κ2) is 4.98. The molecule has 0 saturated heterocycles. The van der Waals surface area contributed by atoms with Crippen LogP contribution in [0.15, 0.2) is 42.7 Å². The van der Waals surface area contributed by atoms with E-state index in [1.54, 1.807) is 30.3 Å². The van der Waals surface area contributed by atoms with E-state index in [0.29, 0.717) is 5.56 Å². The number of aromatic nitrogens is 1. The molecule has 0 spiro atoms. The zero-order valence-electron chi connectivity index (χ0n) is 9.21. The van der Waals surface area contributed by atoms with E-state index in [9.17, 15) is 13.2 Å². The van der Waals surface area contributed by atoms with Crippen LogP contribution in [0, 0.1) is 0 Å². The van der Waals surface area contributed by atoms with E-state index in [1.807, 2.05) is 0 Å². The van der Waals surface area contributed by atoms with Crippen molar-refractivity contribution in [3.8, 4) is 11.1 Å². The summed E-state index contributed by atoms with van der Waals surface area (Å²) in [5, 5.41) is 0. The zero-order chi connectivity index (χ0) is 13.2. The summed E-state index contributed by atoms with van der Waals surface area (Å²) in [4.78, 5) is 3.82. The lowest BCUT2D eigenvalue weighted by molar-refractivity contribution is -0.137. The summed E-state index contributed by atoms with van der Waals surface area (Å²) in [6, 6.07) is 8.34. The molecule has 0 saturated carbocycles. The molecule has 2 aromatic rings. The smallest absolute Gasteiger partial charge is 0.264 e. The summed E-state index contributed by atoms with van der Waals surface area (Å²) >= 11 is 5.56. The Morgan fingerprint density at radius 1 is 1.06 bits per heavy atom. The van der Waals surface area contributed by atoms with Crippen molar-refractivity contribution in [2.45, 2.75) is 12.1 Å². The highest BCUT2D eigenvalue weighted by atomic mass is 35.5. The van der Waals surface area contributed by atoms with Gasteiger partial charge >= 0.3 is 6.18 Å². The average Bonchev–Trinajstić information content (AvgIpc) is 2.38. The largest absolute Gasteiger partial charge is 0.417 e. The first-order chi connectivity index (χ1) is 8.54. The van der Waals surface area contributed by atoms with Gasteiger partial charge in [0.25, 0.3) is 0 Å². The van der Waals surface area contributed by atoms with Crippen LogP contribution in [-0.4, -0.2) is 4.98 Å². The quantitative estimate of drug-likeness (QED) is 0.733. The maximum Gasteiger partial charge on any atom is 0.417 e. The molecular formula is C13H9ClF3N. The van der Waals surface area contributed by atoms with Crippen molar-refractivity contribution >= 4 is 11.6 Å². The van der Waals surface area contributed by atoms with E-state index < -0.39 is 11.7 Å². The number of rotatable bonds is 2. The molecule has 0 N–H and O–H groups in total. The minimum Gasteiger partial charge on any atom is -0.264 e. The summed E-state index contributed by atoms with van der Waals surface area (Å²) < 4.78 is 39.3. The standard InChI is InChI=1S/C13H9ClF3N/c14-6-10-7-18-8-11(12(10)13(15,16)17)9-4-2-1-3-5-9/h1-5,7-8H,6H2. The highest BCUT2D eigenvalue weighted by Crippen LogP contribution is 2.39. The van der Waals surface area contributed by atoms with Gasteiger partial charge in [-0.3, -0.25) is 4.98 Å². The monoisotopic (exact) mass is 271 g/mol. The summed E-state index contributed by atoms with van der Waals surface area (Å²) in [7, 11) is 0. The number of pyridine rings is 1. The SMILES string of the molecule is FC(F)(F)c1c(CCl)cncc1-c1ccccc1. The van der Waals surface area contributed by atoms with Crippen molar-refractivity contribution in [1.29, 1.82) is 0 Å². The van der Waals surface area contributed by atoms with Crippen LogP contribution in [0.2, 0.25) is 0 Å². The topological polar surface area (TPSA) is 12.9 Å². The van der Waals surface area contributed by atoms with E-state index >= 15 is 0 Å². The van der Waals surface area contributed by atoms with Crippen molar-refractivity contribution in [2.24, 2.45) is 0 Å². The Balaban J connectivity index is 2.68. The minimum absolute atomic E-state index is 0.00878. The lowest BCUT2D eigenvalue weighted by atomic mass is 9.98. The van der Waals surface area contributed by atoms with E-state index in [2.05, 4.69) is 4.98 Å². The summed E-state index contributed by atoms with van der Waals surface area (Å²) in [6.07, 6.45) is -2.07. The summed E-state index contributed by atoms with van der Waals surface area (Å²) in [5.41, 5.74) is -0.185. The van der Waals surface area contributed by atoms with Gasteiger partial charge in [0.15, 0.2) is 0 Å². The lowest BCUT2D eigenvalue weighted by Crippen LogP contribution is -2.11. The van der Waals surface area contributed by atoms with Crippen LogP contribution in [0.1, 0.15) is 11.1 Å². The molecule has 18 heavy (non-hydrogen) atoms. The van der Waals surface area contributed by atoms with E-state index in [1.165, 1.54) is 6.20 Å². The molecule has 0 amide bonds. The van der Waals surface area contributed by atoms with Gasteiger partial charge < -0.3 is 0 Å². The van der Waals surface area contributed by atoms with Gasteiger partial charge in [-0.2, -0.15) is 13.2 Å². The van der Waals surface area contributed by atoms with Gasteiger partial charge in [0.05, 0.1) is 5.56 Å². The normalized spacial score (nSPS) is 11.6. The Morgan fingerprint density at radius 2 is 1.72 bits per heavy atom. The molecule has 5 heteroatoms. The average molecular weight is 272 g/mol. The van der Waals surface area contributed by atoms with Gasteiger partial charge in [0, 0.05) is 23.8 Å². The molecule has 0 aliphatic heterocycles. The number of hydrogen-bond acceptors (Lipinski definition) is 1. The van der Waals surface area contributed by atoms with Crippen molar-refractivity contribution in [1.82, 2.24) is 4.98 Å². The Labute approximate surface area is 107 Å². The van der Waals surface area contributed by atoms with Crippen LogP contribution in [0.5, 0.6) is 0 Å². The Morgan fingerprint density at radius 3 is 2.28 bits per heavy atom. The maximum absolute atomic E-state index is 13.1. The van der Waals surface area contributed by atoms with Crippen LogP contribution in [0.25, 0.3) is 11.1 Å². The molecule has 0 aliphatic rings. The second-order valence-electron chi connectivity index (χ2n) is 3.72. The molecule has 0 fully saturated rings. The molecule has 0 aliphatic carbocycles. The van der Waals surface area contributed by atoms with Crippen LogP contribution >= 0.6 is 11.6 Å². The molecular weight excluding hydrogens is 263 g/mol. The summed E-state index contributed by atoms with van der Waals surface area (Å²) in [5.74, 6) is -0.220. The number of nitrogens with zero attached hydrogens (tertiary/aromatic N) is 1. The Kier molecular flexibility index (Phi) is 3.57. The molecule has 0 radical (unpaired) electrons. The van der Waals surface area contributed by atoms with Gasteiger partial charge in [0.2, 0.25) is 0 Å². The van der Waals surface area contributed by atoms with Crippen LogP contribution in [-0.2, 0) is 12.1 Å². The van der Waals surface area contributed by atoms with Crippen molar-refractivity contribution < 1.29 is 13.2 Å². The van der Waals surface area contributed by atoms with E-state index in [-0.39, 0.29) is 17.0 Å². The predicted octanol–water partition coefficient (Wildman–Crippen LogP) is 4.51. The molecule has 0 unspecified atom stereocenters. The van der Waals surface area contributed by atoms with Crippen LogP contribution in [0.3, 0.4) is 0 Å². The fraction of sp³-hybridized carbons (Fsp3) is 0.154. The number of hydrogen-bond donors (Lipinski definition) is 0. The molecule has 1 aromatic carbocycles. The van der Waals surface area contributed by atoms with E-state index in [4.69, 9.17) is 11.6 Å². The Bertz CT molecular complexity index is 538. The third-order valence-corrected chi connectivity index (χ3v) is 2.82. The molecule has 94 valence electrons. The third kappa shape index (κ3) is 2.48. The molecule has 2 rings (SSSR count). The van der Waals surface area contributed by atoms with Gasteiger partial charge in [-0.15, -0.1) is 11.6 Å². The first kappa shape index (κ1) is 12.9. The van der Waals surface area contributed by atoms with Gasteiger partial charge in [-0.1, -0.05) is 30.3 Å². The zero-order valence-corrected chi connectivity index (χ0v) is 9.96. The van der Waals surface area contributed by atoms with Gasteiger partial charge in [-0.05, 0) is 11.1 Å². The van der Waals surface area contributed by atoms with Crippen LogP contribution in [0.4, 0.5) is 13.2 Å². The first-order valence-electron chi connectivity index (χ1n) is 5.19. The molecule has 1 aromatic heterocycles. The molecule has 1 heterocycles. The van der Waals surface area contributed by atoms with Gasteiger partial charge in [0.1, 0.15) is 0 Å². The van der Waals surface area contributed by atoms with E-state index in [0.717, 1.165) is 6.20 Å². The number of alkyl halides is 4. The third-order valence-electron chi connectivity index (χ3n) is 2.54. The minimum atomic E-state index is -4.45. The van der Waals surface area contributed by atoms with Crippen molar-refractivity contribution in [2.75, 3.05) is 0 Å². The lowest BCUT2D eigenvalue weighted by Gasteiger charge is -2.15. The molecule has 0 atom stereocenters. The van der Waals surface area contributed by atoms with Crippen LogP contribution < -0.4 is 0 Å². The van der Waals surface area contributed by atoms with Crippen molar-refractivity contribution in [3.05, 3.63) is 53.9 Å². The molecule has 1 nitrogen and oxygen atoms in total. The highest BCUT2D eigenvalue weighted by molar-refractivity contribution is 6.17. The predicted molar refractivity (Wildman–Crippen MR) is 64.2 cm³/mol.